The molecule has 0 bridgehead atoms. The van der Waals surface area contributed by atoms with Crippen molar-refractivity contribution in [2.75, 3.05) is 0 Å². The van der Waals surface area contributed by atoms with Crippen LogP contribution in [0.2, 0.25) is 5.28 Å². The van der Waals surface area contributed by atoms with Crippen molar-refractivity contribution in [2.24, 2.45) is 0 Å². The molecule has 1 aromatic heterocycles. The molecular weight excluding hydrogens is 230 g/mol. The van der Waals surface area contributed by atoms with Crippen molar-refractivity contribution in [1.29, 1.82) is 0 Å². The van der Waals surface area contributed by atoms with Crippen LogP contribution >= 0.6 is 11.6 Å². The first-order valence-corrected chi connectivity index (χ1v) is 5.25. The lowest BCUT2D eigenvalue weighted by atomic mass is 9.97. The molecule has 0 aliphatic heterocycles. The molecule has 0 aromatic carbocycles. The molecular formula is C10H14ClN3O2. The molecule has 0 saturated heterocycles. The number of aryl methyl sites for hydroxylation is 1. The molecule has 1 rings (SSSR count). The van der Waals surface area contributed by atoms with E-state index < -0.39 is 11.6 Å². The number of carbonyl (C=O) groups is 1. The molecule has 16 heavy (non-hydrogen) atoms. The zero-order valence-electron chi connectivity index (χ0n) is 9.20. The number of carboxylic acid groups (broad SMARTS) is 1. The van der Waals surface area contributed by atoms with E-state index in [-0.39, 0.29) is 5.28 Å². The van der Waals surface area contributed by atoms with Gasteiger partial charge < -0.3 is 10.4 Å². The Morgan fingerprint density at radius 2 is 2.31 bits per heavy atom. The Bertz CT molecular complexity index is 382. The number of rotatable bonds is 4. The average molecular weight is 244 g/mol. The van der Waals surface area contributed by atoms with E-state index in [2.05, 4.69) is 15.3 Å². The van der Waals surface area contributed by atoms with Gasteiger partial charge in [-0.1, -0.05) is 0 Å². The second-order valence-corrected chi connectivity index (χ2v) is 4.47. The molecule has 1 heterocycles. The highest BCUT2D eigenvalue weighted by molar-refractivity contribution is 6.28. The number of halogens is 1. The summed E-state index contributed by atoms with van der Waals surface area (Å²) in [6, 6.07) is 1.77. The highest BCUT2D eigenvalue weighted by Gasteiger charge is 2.19. The maximum Gasteiger partial charge on any atom is 0.405 e. The predicted octanol–water partition coefficient (Wildman–Crippen LogP) is 2.11. The highest BCUT2D eigenvalue weighted by Crippen LogP contribution is 2.13. The van der Waals surface area contributed by atoms with Crippen LogP contribution in [0.5, 0.6) is 0 Å². The van der Waals surface area contributed by atoms with Crippen molar-refractivity contribution < 1.29 is 9.90 Å². The van der Waals surface area contributed by atoms with E-state index in [0.29, 0.717) is 12.8 Å². The van der Waals surface area contributed by atoms with Gasteiger partial charge in [0.2, 0.25) is 5.28 Å². The molecule has 0 atom stereocenters. The SMILES string of the molecule is CC(C)(CCc1ccnc(Cl)n1)NC(=O)O. The summed E-state index contributed by atoms with van der Waals surface area (Å²) in [6.45, 7) is 3.65. The Morgan fingerprint density at radius 3 is 2.88 bits per heavy atom. The smallest absolute Gasteiger partial charge is 0.405 e. The number of nitrogens with zero attached hydrogens (tertiary/aromatic N) is 2. The van der Waals surface area contributed by atoms with Crippen LogP contribution in [0.25, 0.3) is 0 Å². The molecule has 6 heteroatoms. The summed E-state index contributed by atoms with van der Waals surface area (Å²) < 4.78 is 0. The van der Waals surface area contributed by atoms with Gasteiger partial charge in [0.1, 0.15) is 0 Å². The van der Waals surface area contributed by atoms with Crippen LogP contribution in [0.15, 0.2) is 12.3 Å². The first kappa shape index (κ1) is 12.7. The number of aromatic nitrogens is 2. The molecule has 1 amide bonds. The fourth-order valence-corrected chi connectivity index (χ4v) is 1.47. The third-order valence-electron chi connectivity index (χ3n) is 2.14. The molecule has 88 valence electrons. The van der Waals surface area contributed by atoms with E-state index in [4.69, 9.17) is 16.7 Å². The second-order valence-electron chi connectivity index (χ2n) is 4.13. The molecule has 0 radical (unpaired) electrons. The normalized spacial score (nSPS) is 11.2. The van der Waals surface area contributed by atoms with Crippen molar-refractivity contribution in [3.05, 3.63) is 23.2 Å². The van der Waals surface area contributed by atoms with E-state index in [1.165, 1.54) is 0 Å². The van der Waals surface area contributed by atoms with Gasteiger partial charge in [-0.15, -0.1) is 0 Å². The number of amides is 1. The zero-order chi connectivity index (χ0) is 12.2. The zero-order valence-corrected chi connectivity index (χ0v) is 9.95. The molecule has 5 nitrogen and oxygen atoms in total. The monoisotopic (exact) mass is 243 g/mol. The van der Waals surface area contributed by atoms with Crippen LogP contribution in [0.3, 0.4) is 0 Å². The Hall–Kier alpha value is -1.36. The summed E-state index contributed by atoms with van der Waals surface area (Å²) in [5.74, 6) is 0. The van der Waals surface area contributed by atoms with E-state index in [9.17, 15) is 4.79 Å². The third kappa shape index (κ3) is 4.44. The molecule has 0 fully saturated rings. The highest BCUT2D eigenvalue weighted by atomic mass is 35.5. The summed E-state index contributed by atoms with van der Waals surface area (Å²) in [5.41, 5.74) is 0.323. The minimum Gasteiger partial charge on any atom is -0.465 e. The van der Waals surface area contributed by atoms with Gasteiger partial charge in [0.25, 0.3) is 0 Å². The summed E-state index contributed by atoms with van der Waals surface area (Å²) in [7, 11) is 0. The number of nitrogens with one attached hydrogen (secondary N) is 1. The summed E-state index contributed by atoms with van der Waals surface area (Å²) in [4.78, 5) is 18.3. The van der Waals surface area contributed by atoms with E-state index in [1.54, 1.807) is 12.3 Å². The lowest BCUT2D eigenvalue weighted by Crippen LogP contribution is -2.42. The Labute approximate surface area is 98.9 Å². The van der Waals surface area contributed by atoms with Gasteiger partial charge in [-0.3, -0.25) is 0 Å². The van der Waals surface area contributed by atoms with Gasteiger partial charge >= 0.3 is 6.09 Å². The van der Waals surface area contributed by atoms with E-state index in [0.717, 1.165) is 5.69 Å². The Balaban J connectivity index is 2.54. The minimum atomic E-state index is -1.02. The first-order chi connectivity index (χ1) is 7.39. The van der Waals surface area contributed by atoms with Crippen LogP contribution in [0, 0.1) is 0 Å². The molecule has 1 aromatic rings. The molecule has 0 aliphatic carbocycles. The largest absolute Gasteiger partial charge is 0.465 e. The minimum absolute atomic E-state index is 0.210. The lowest BCUT2D eigenvalue weighted by molar-refractivity contribution is 0.180. The standard InChI is InChI=1S/C10H14ClN3O2/c1-10(2,14-9(15)16)5-3-7-4-6-12-8(11)13-7/h4,6,14H,3,5H2,1-2H3,(H,15,16). The Kier molecular flexibility index (Phi) is 4.06. The molecule has 2 N–H and O–H groups in total. The van der Waals surface area contributed by atoms with Crippen LogP contribution in [0.4, 0.5) is 4.79 Å². The van der Waals surface area contributed by atoms with Crippen LogP contribution in [-0.2, 0) is 6.42 Å². The first-order valence-electron chi connectivity index (χ1n) is 4.87. The van der Waals surface area contributed by atoms with Crippen molar-refractivity contribution in [3.63, 3.8) is 0 Å². The fourth-order valence-electron chi connectivity index (χ4n) is 1.30. The maximum absolute atomic E-state index is 10.5. The van der Waals surface area contributed by atoms with Crippen molar-refractivity contribution in [2.45, 2.75) is 32.2 Å². The predicted molar refractivity (Wildman–Crippen MR) is 60.6 cm³/mol. The van der Waals surface area contributed by atoms with Crippen molar-refractivity contribution >= 4 is 17.7 Å². The summed E-state index contributed by atoms with van der Waals surface area (Å²) >= 11 is 5.65. The molecule has 0 spiro atoms. The van der Waals surface area contributed by atoms with Gasteiger partial charge in [-0.2, -0.15) is 0 Å². The van der Waals surface area contributed by atoms with Crippen molar-refractivity contribution in [1.82, 2.24) is 15.3 Å². The molecule has 0 unspecified atom stereocenters. The van der Waals surface area contributed by atoms with Crippen LogP contribution < -0.4 is 5.32 Å². The summed E-state index contributed by atoms with van der Waals surface area (Å²) in [6.07, 6.45) is 1.86. The molecule has 0 aliphatic rings. The topological polar surface area (TPSA) is 75.1 Å². The summed E-state index contributed by atoms with van der Waals surface area (Å²) in [5, 5.41) is 11.3. The lowest BCUT2D eigenvalue weighted by Gasteiger charge is -2.24. The van der Waals surface area contributed by atoms with Gasteiger partial charge in [0.05, 0.1) is 0 Å². The maximum atomic E-state index is 10.5. The van der Waals surface area contributed by atoms with Gasteiger partial charge in [0.15, 0.2) is 0 Å². The van der Waals surface area contributed by atoms with E-state index >= 15 is 0 Å². The molecule has 0 saturated carbocycles. The van der Waals surface area contributed by atoms with Gasteiger partial charge in [0, 0.05) is 17.4 Å². The Morgan fingerprint density at radius 1 is 1.62 bits per heavy atom. The van der Waals surface area contributed by atoms with Gasteiger partial charge in [-0.05, 0) is 44.4 Å². The van der Waals surface area contributed by atoms with Crippen LogP contribution in [0.1, 0.15) is 26.0 Å². The van der Waals surface area contributed by atoms with Gasteiger partial charge in [-0.25, -0.2) is 14.8 Å². The van der Waals surface area contributed by atoms with Crippen molar-refractivity contribution in [3.8, 4) is 0 Å². The number of hydrogen-bond donors (Lipinski definition) is 2. The number of hydrogen-bond acceptors (Lipinski definition) is 3. The second kappa shape index (κ2) is 5.12. The van der Waals surface area contributed by atoms with Crippen LogP contribution in [-0.4, -0.2) is 26.7 Å². The average Bonchev–Trinajstić information content (AvgIpc) is 2.13. The van der Waals surface area contributed by atoms with E-state index in [1.807, 2.05) is 13.8 Å². The quantitative estimate of drug-likeness (QED) is 0.795. The fraction of sp³-hybridized carbons (Fsp3) is 0.500. The third-order valence-corrected chi connectivity index (χ3v) is 2.32.